The van der Waals surface area contributed by atoms with E-state index in [-0.39, 0.29) is 5.92 Å². The number of hydrogen-bond donors (Lipinski definition) is 1. The van der Waals surface area contributed by atoms with Crippen LogP contribution in [0.25, 0.3) is 0 Å². The van der Waals surface area contributed by atoms with Gasteiger partial charge < -0.3 is 10.1 Å². The first-order valence-electron chi connectivity index (χ1n) is 6.88. The molecule has 4 nitrogen and oxygen atoms in total. The van der Waals surface area contributed by atoms with Gasteiger partial charge >= 0.3 is 0 Å². The van der Waals surface area contributed by atoms with Crippen LogP contribution in [-0.4, -0.2) is 37.7 Å². The lowest BCUT2D eigenvalue weighted by Crippen LogP contribution is -2.58. The van der Waals surface area contributed by atoms with Crippen molar-refractivity contribution < 1.29 is 4.74 Å². The number of benzene rings is 1. The highest BCUT2D eigenvalue weighted by atomic mass is 16.5. The minimum absolute atomic E-state index is 0.172. The third-order valence-corrected chi connectivity index (χ3v) is 4.29. The highest BCUT2D eigenvalue weighted by molar-refractivity contribution is 5.45. The van der Waals surface area contributed by atoms with E-state index in [1.54, 1.807) is 0 Å². The van der Waals surface area contributed by atoms with Crippen LogP contribution < -0.4 is 10.1 Å². The molecule has 0 aromatic heterocycles. The van der Waals surface area contributed by atoms with Crippen LogP contribution in [0.4, 0.5) is 0 Å². The molecule has 2 aliphatic rings. The first-order chi connectivity index (χ1) is 9.29. The Morgan fingerprint density at radius 1 is 1.37 bits per heavy atom. The van der Waals surface area contributed by atoms with Gasteiger partial charge in [0.2, 0.25) is 0 Å². The van der Waals surface area contributed by atoms with Crippen LogP contribution in [0, 0.1) is 17.2 Å². The average Bonchev–Trinajstić information content (AvgIpc) is 2.48. The second kappa shape index (κ2) is 4.84. The van der Waals surface area contributed by atoms with Crippen molar-refractivity contribution in [1.82, 2.24) is 10.2 Å². The quantitative estimate of drug-likeness (QED) is 0.825. The third-order valence-electron chi connectivity index (χ3n) is 4.29. The molecule has 2 aliphatic heterocycles. The molecule has 2 heterocycles. The number of fused-ring (bicyclic) bond motifs is 1. The Kier molecular flexibility index (Phi) is 3.17. The van der Waals surface area contributed by atoms with E-state index in [2.05, 4.69) is 23.2 Å². The number of hydrogen-bond acceptors (Lipinski definition) is 4. The number of nitriles is 1. The summed E-state index contributed by atoms with van der Waals surface area (Å²) in [6, 6.07) is 10.6. The number of para-hydroxylation sites is 1. The second-order valence-corrected chi connectivity index (χ2v) is 5.32. The van der Waals surface area contributed by atoms with Crippen LogP contribution in [0.2, 0.25) is 0 Å². The molecule has 2 unspecified atom stereocenters. The van der Waals surface area contributed by atoms with Crippen molar-refractivity contribution >= 4 is 0 Å². The zero-order chi connectivity index (χ0) is 13.3. The van der Waals surface area contributed by atoms with Crippen LogP contribution in [0.15, 0.2) is 24.3 Å². The van der Waals surface area contributed by atoms with Crippen molar-refractivity contribution in [2.45, 2.75) is 12.5 Å². The van der Waals surface area contributed by atoms with Gasteiger partial charge in [-0.25, -0.2) is 0 Å². The van der Waals surface area contributed by atoms with Crippen LogP contribution in [-0.2, 0) is 5.54 Å². The molecule has 0 bridgehead atoms. The van der Waals surface area contributed by atoms with Crippen molar-refractivity contribution in [3.8, 4) is 11.8 Å². The molecule has 0 spiro atoms. The Balaban J connectivity index is 2.10. The molecule has 0 amide bonds. The predicted molar refractivity (Wildman–Crippen MR) is 72.8 cm³/mol. The Morgan fingerprint density at radius 3 is 2.84 bits per heavy atom. The van der Waals surface area contributed by atoms with Gasteiger partial charge in [-0.3, -0.25) is 4.90 Å². The van der Waals surface area contributed by atoms with Gasteiger partial charge in [-0.1, -0.05) is 25.1 Å². The number of ether oxygens (including phenoxy) is 1. The molecule has 1 fully saturated rings. The topological polar surface area (TPSA) is 48.3 Å². The summed E-state index contributed by atoms with van der Waals surface area (Å²) in [6.07, 6.45) is 0. The average molecular weight is 257 g/mol. The largest absolute Gasteiger partial charge is 0.493 e. The Hall–Kier alpha value is -1.57. The monoisotopic (exact) mass is 257 g/mol. The molecule has 1 aromatic rings. The van der Waals surface area contributed by atoms with E-state index < -0.39 is 5.54 Å². The van der Waals surface area contributed by atoms with Gasteiger partial charge in [0, 0.05) is 37.7 Å². The molecular formula is C15H19N3O. The minimum atomic E-state index is -0.545. The molecular weight excluding hydrogens is 238 g/mol. The highest BCUT2D eigenvalue weighted by Crippen LogP contribution is 2.44. The summed E-state index contributed by atoms with van der Waals surface area (Å²) >= 11 is 0. The van der Waals surface area contributed by atoms with E-state index >= 15 is 0 Å². The van der Waals surface area contributed by atoms with Crippen molar-refractivity contribution in [3.05, 3.63) is 29.8 Å². The molecule has 2 atom stereocenters. The first kappa shape index (κ1) is 12.5. The predicted octanol–water partition coefficient (Wildman–Crippen LogP) is 1.34. The Labute approximate surface area is 114 Å². The van der Waals surface area contributed by atoms with Gasteiger partial charge in [-0.05, 0) is 6.07 Å². The van der Waals surface area contributed by atoms with Crippen LogP contribution in [0.5, 0.6) is 5.75 Å². The minimum Gasteiger partial charge on any atom is -0.493 e. The first-order valence-corrected chi connectivity index (χ1v) is 6.88. The number of piperazine rings is 1. The standard InChI is InChI=1S/C15H19N3O/c1-12-10-19-14-5-3-2-4-13(14)15(12,11-16)18-8-6-17-7-9-18/h2-5,12,17H,6-10H2,1H3. The third kappa shape index (κ3) is 1.81. The zero-order valence-corrected chi connectivity index (χ0v) is 11.2. The molecule has 1 saturated heterocycles. The fourth-order valence-corrected chi connectivity index (χ4v) is 3.25. The van der Waals surface area contributed by atoms with Crippen LogP contribution in [0.3, 0.4) is 0 Å². The molecule has 100 valence electrons. The van der Waals surface area contributed by atoms with Gasteiger partial charge in [0.15, 0.2) is 0 Å². The maximum atomic E-state index is 9.94. The molecule has 0 aliphatic carbocycles. The number of rotatable bonds is 1. The summed E-state index contributed by atoms with van der Waals surface area (Å²) in [5.41, 5.74) is 0.481. The zero-order valence-electron chi connectivity index (χ0n) is 11.2. The Bertz CT molecular complexity index is 504. The van der Waals surface area contributed by atoms with E-state index in [0.717, 1.165) is 37.5 Å². The fraction of sp³-hybridized carbons (Fsp3) is 0.533. The maximum absolute atomic E-state index is 9.94. The summed E-state index contributed by atoms with van der Waals surface area (Å²) in [4.78, 5) is 2.32. The molecule has 1 aromatic carbocycles. The van der Waals surface area contributed by atoms with Gasteiger partial charge in [0.05, 0.1) is 12.7 Å². The molecule has 0 saturated carbocycles. The number of nitrogens with one attached hydrogen (secondary N) is 1. The van der Waals surface area contributed by atoms with Crippen molar-refractivity contribution in [1.29, 1.82) is 5.26 Å². The summed E-state index contributed by atoms with van der Waals surface area (Å²) in [5.74, 6) is 1.03. The fourth-order valence-electron chi connectivity index (χ4n) is 3.25. The second-order valence-electron chi connectivity index (χ2n) is 5.32. The van der Waals surface area contributed by atoms with Gasteiger partial charge in [-0.2, -0.15) is 5.26 Å². The number of nitrogens with zero attached hydrogens (tertiary/aromatic N) is 2. The molecule has 0 radical (unpaired) electrons. The van der Waals surface area contributed by atoms with E-state index in [1.807, 2.05) is 24.3 Å². The lowest BCUT2D eigenvalue weighted by molar-refractivity contribution is 0.0285. The lowest BCUT2D eigenvalue weighted by atomic mass is 9.76. The summed E-state index contributed by atoms with van der Waals surface area (Å²) < 4.78 is 5.79. The molecule has 3 rings (SSSR count). The van der Waals surface area contributed by atoms with Gasteiger partial charge in [-0.15, -0.1) is 0 Å². The van der Waals surface area contributed by atoms with Crippen LogP contribution in [0.1, 0.15) is 12.5 Å². The SMILES string of the molecule is CC1COc2ccccc2C1(C#N)N1CCNCC1. The Morgan fingerprint density at radius 2 is 2.11 bits per heavy atom. The maximum Gasteiger partial charge on any atom is 0.144 e. The highest BCUT2D eigenvalue weighted by Gasteiger charge is 2.48. The summed E-state index contributed by atoms with van der Waals surface area (Å²) in [6.45, 7) is 6.42. The van der Waals surface area contributed by atoms with E-state index in [4.69, 9.17) is 4.74 Å². The van der Waals surface area contributed by atoms with Crippen molar-refractivity contribution in [2.75, 3.05) is 32.8 Å². The smallest absolute Gasteiger partial charge is 0.144 e. The summed E-state index contributed by atoms with van der Waals surface area (Å²) in [5, 5.41) is 13.3. The van der Waals surface area contributed by atoms with Crippen LogP contribution >= 0.6 is 0 Å². The normalized spacial score (nSPS) is 31.1. The van der Waals surface area contributed by atoms with Crippen molar-refractivity contribution in [3.63, 3.8) is 0 Å². The summed E-state index contributed by atoms with van der Waals surface area (Å²) in [7, 11) is 0. The van der Waals surface area contributed by atoms with Gasteiger partial charge in [0.25, 0.3) is 0 Å². The lowest BCUT2D eigenvalue weighted by Gasteiger charge is -2.47. The van der Waals surface area contributed by atoms with E-state index in [1.165, 1.54) is 0 Å². The van der Waals surface area contributed by atoms with Crippen molar-refractivity contribution in [2.24, 2.45) is 5.92 Å². The van der Waals surface area contributed by atoms with Gasteiger partial charge in [0.1, 0.15) is 11.3 Å². The molecule has 1 N–H and O–H groups in total. The molecule has 4 heteroatoms. The molecule has 19 heavy (non-hydrogen) atoms. The van der Waals surface area contributed by atoms with E-state index in [0.29, 0.717) is 6.61 Å². The van der Waals surface area contributed by atoms with E-state index in [9.17, 15) is 5.26 Å².